The van der Waals surface area contributed by atoms with Crippen LogP contribution in [-0.4, -0.2) is 62.2 Å². The molecule has 4 atom stereocenters. The summed E-state index contributed by atoms with van der Waals surface area (Å²) >= 11 is 0. The van der Waals surface area contributed by atoms with Gasteiger partial charge in [-0.2, -0.15) is 0 Å². The maximum Gasteiger partial charge on any atom is 0.240 e. The molecule has 2 N–H and O–H groups in total. The second kappa shape index (κ2) is 16.7. The molecule has 270 valence electrons. The van der Waals surface area contributed by atoms with Gasteiger partial charge in [0.05, 0.1) is 23.7 Å². The van der Waals surface area contributed by atoms with E-state index in [1.807, 2.05) is 48.5 Å². The number of piperazine rings is 1. The Kier molecular flexibility index (Phi) is 11.6. The summed E-state index contributed by atoms with van der Waals surface area (Å²) in [6.45, 7) is 8.15. The predicted octanol–water partition coefficient (Wildman–Crippen LogP) is 6.93. The Bertz CT molecular complexity index is 2000. The van der Waals surface area contributed by atoms with Crippen LogP contribution in [0.3, 0.4) is 0 Å². The number of nitrogens with zero attached hydrogens (tertiary/aromatic N) is 2. The summed E-state index contributed by atoms with van der Waals surface area (Å²) in [4.78, 5) is 5.28. The Hall–Kier alpha value is -4.19. The average Bonchev–Trinajstić information content (AvgIpc) is 3.19. The topological polar surface area (TPSA) is 91.3 Å². The second-order valence-electron chi connectivity index (χ2n) is 13.8. The largest absolute Gasteiger partial charge is 0.392 e. The van der Waals surface area contributed by atoms with Crippen molar-refractivity contribution < 1.29 is 23.0 Å². The fourth-order valence-corrected chi connectivity index (χ4v) is 8.18. The van der Waals surface area contributed by atoms with Crippen LogP contribution in [0.15, 0.2) is 138 Å². The molecule has 5 aromatic rings. The van der Waals surface area contributed by atoms with Gasteiger partial charge in [-0.3, -0.25) is 9.80 Å². The van der Waals surface area contributed by atoms with Gasteiger partial charge < -0.3 is 14.6 Å². The van der Waals surface area contributed by atoms with Gasteiger partial charge in [-0.25, -0.2) is 13.1 Å². The Balaban J connectivity index is 1.07. The fraction of sp³-hybridized carbons (Fsp3) is 0.302. The van der Waals surface area contributed by atoms with Crippen molar-refractivity contribution in [3.63, 3.8) is 0 Å². The number of rotatable bonds is 12. The summed E-state index contributed by atoms with van der Waals surface area (Å²) in [6.07, 6.45) is -0.837. The van der Waals surface area contributed by atoms with E-state index < -0.39 is 16.3 Å². The summed E-state index contributed by atoms with van der Waals surface area (Å²) < 4.78 is 42.1. The van der Waals surface area contributed by atoms with Crippen LogP contribution in [0.1, 0.15) is 47.1 Å². The van der Waals surface area contributed by atoms with Gasteiger partial charge in [0.2, 0.25) is 10.0 Å². The van der Waals surface area contributed by atoms with Crippen molar-refractivity contribution in [3.8, 4) is 11.1 Å². The predicted molar refractivity (Wildman–Crippen MR) is 203 cm³/mol. The first kappa shape index (κ1) is 36.2. The first-order chi connectivity index (χ1) is 25.3. The van der Waals surface area contributed by atoms with Gasteiger partial charge in [0.25, 0.3) is 0 Å². The maximum absolute atomic E-state index is 12.8. The lowest BCUT2D eigenvalue weighted by atomic mass is 9.89. The number of benzene rings is 5. The monoisotopic (exact) mass is 717 g/mol. The van der Waals surface area contributed by atoms with Crippen molar-refractivity contribution >= 4 is 10.0 Å². The van der Waals surface area contributed by atoms with E-state index in [-0.39, 0.29) is 36.2 Å². The molecule has 2 aliphatic rings. The minimum atomic E-state index is -3.63. The van der Waals surface area contributed by atoms with Gasteiger partial charge in [-0.1, -0.05) is 116 Å². The lowest BCUT2D eigenvalue weighted by Gasteiger charge is -2.44. The van der Waals surface area contributed by atoms with Crippen LogP contribution in [0.25, 0.3) is 11.1 Å². The van der Waals surface area contributed by atoms with Crippen LogP contribution in [0.2, 0.25) is 0 Å². The van der Waals surface area contributed by atoms with Gasteiger partial charge >= 0.3 is 0 Å². The van der Waals surface area contributed by atoms with E-state index in [0.29, 0.717) is 0 Å². The van der Waals surface area contributed by atoms with Crippen molar-refractivity contribution in [2.24, 2.45) is 5.92 Å². The van der Waals surface area contributed by atoms with E-state index in [2.05, 4.69) is 76.0 Å². The average molecular weight is 718 g/mol. The normalized spacial score (nSPS) is 21.6. The minimum absolute atomic E-state index is 0.00113. The quantitative estimate of drug-likeness (QED) is 0.145. The fourth-order valence-electron chi connectivity index (χ4n) is 7.14. The molecule has 8 nitrogen and oxygen atoms in total. The van der Waals surface area contributed by atoms with Gasteiger partial charge in [-0.15, -0.1) is 0 Å². The molecular formula is C43H47N3O5S. The van der Waals surface area contributed by atoms with Crippen molar-refractivity contribution in [3.05, 3.63) is 161 Å². The molecule has 0 amide bonds. The summed E-state index contributed by atoms with van der Waals surface area (Å²) in [7, 11) is -3.63. The molecule has 0 aromatic heterocycles. The third-order valence-corrected chi connectivity index (χ3v) is 11.6. The van der Waals surface area contributed by atoms with Crippen LogP contribution in [0, 0.1) is 5.92 Å². The van der Waals surface area contributed by atoms with Crippen LogP contribution < -0.4 is 4.72 Å². The molecule has 2 aliphatic heterocycles. The SMILES string of the molecule is C[C@@H]1[C@H](CN2CCN(Cc3ccccc3)CC2)O[C@H](c2cccc(-c3cccc(CNS(=O)(=O)c4ccccc4)c3)c2)O[C@@H]1c1ccc(CO)cc1. The molecule has 0 spiro atoms. The molecule has 52 heavy (non-hydrogen) atoms. The molecular weight excluding hydrogens is 671 g/mol. The van der Waals surface area contributed by atoms with Gasteiger partial charge in [0, 0.05) is 57.3 Å². The molecule has 0 aliphatic carbocycles. The number of hydrogen-bond acceptors (Lipinski definition) is 7. The van der Waals surface area contributed by atoms with Gasteiger partial charge in [0.15, 0.2) is 6.29 Å². The van der Waals surface area contributed by atoms with Crippen LogP contribution in [0.5, 0.6) is 0 Å². The highest BCUT2D eigenvalue weighted by atomic mass is 32.2. The summed E-state index contributed by atoms with van der Waals surface area (Å²) in [5, 5.41) is 9.67. The second-order valence-corrected chi connectivity index (χ2v) is 15.6. The zero-order valence-corrected chi connectivity index (χ0v) is 30.4. The number of hydrogen-bond donors (Lipinski definition) is 2. The lowest BCUT2D eigenvalue weighted by Crippen LogP contribution is -2.51. The third-order valence-electron chi connectivity index (χ3n) is 10.2. The highest BCUT2D eigenvalue weighted by molar-refractivity contribution is 7.89. The van der Waals surface area contributed by atoms with Crippen LogP contribution >= 0.6 is 0 Å². The Morgan fingerprint density at radius 2 is 1.31 bits per heavy atom. The van der Waals surface area contributed by atoms with Crippen molar-refractivity contribution in [1.29, 1.82) is 0 Å². The Labute approximate surface area is 307 Å². The van der Waals surface area contributed by atoms with Crippen molar-refractivity contribution in [2.75, 3.05) is 32.7 Å². The smallest absolute Gasteiger partial charge is 0.240 e. The van der Waals surface area contributed by atoms with Crippen LogP contribution in [0.4, 0.5) is 0 Å². The molecule has 7 rings (SSSR count). The van der Waals surface area contributed by atoms with E-state index in [1.165, 1.54) is 5.56 Å². The van der Waals surface area contributed by atoms with Crippen LogP contribution in [-0.2, 0) is 39.2 Å². The van der Waals surface area contributed by atoms with E-state index in [1.54, 1.807) is 30.3 Å². The van der Waals surface area contributed by atoms with Gasteiger partial charge in [-0.05, 0) is 57.6 Å². The van der Waals surface area contributed by atoms with E-state index >= 15 is 0 Å². The van der Waals surface area contributed by atoms with Gasteiger partial charge in [0.1, 0.15) is 0 Å². The minimum Gasteiger partial charge on any atom is -0.392 e. The number of sulfonamides is 1. The maximum atomic E-state index is 12.8. The summed E-state index contributed by atoms with van der Waals surface area (Å²) in [5.41, 5.74) is 7.03. The molecule has 0 bridgehead atoms. The summed E-state index contributed by atoms with van der Waals surface area (Å²) in [5.74, 6) is 0.0955. The molecule has 2 heterocycles. The zero-order valence-electron chi connectivity index (χ0n) is 29.6. The third kappa shape index (κ3) is 8.87. The highest BCUT2D eigenvalue weighted by Crippen LogP contribution is 2.42. The molecule has 2 fully saturated rings. The zero-order chi connectivity index (χ0) is 35.9. The Morgan fingerprint density at radius 1 is 0.673 bits per heavy atom. The standard InChI is InChI=1S/C43H47N3O5S/c1-32-41(30-46-24-22-45(23-25-46)29-33-10-4-2-5-11-33)50-43(51-42(32)36-20-18-34(31-47)19-21-36)39-15-9-14-38(27-39)37-13-8-12-35(26-37)28-44-52(48,49)40-16-6-3-7-17-40/h2-21,26-27,32,41-44,47H,22-25,28-31H2,1H3/t32-,41+,42+,43+/m1/s1. The molecule has 9 heteroatoms. The molecule has 0 radical (unpaired) electrons. The first-order valence-electron chi connectivity index (χ1n) is 18.1. The summed E-state index contributed by atoms with van der Waals surface area (Å²) in [6, 6.07) is 43.3. The molecule has 2 saturated heterocycles. The lowest BCUT2D eigenvalue weighted by molar-refractivity contribution is -0.276. The Morgan fingerprint density at radius 3 is 2.02 bits per heavy atom. The van der Waals surface area contributed by atoms with E-state index in [9.17, 15) is 13.5 Å². The van der Waals surface area contributed by atoms with Crippen molar-refractivity contribution in [2.45, 2.75) is 50.0 Å². The van der Waals surface area contributed by atoms with Crippen molar-refractivity contribution in [1.82, 2.24) is 14.5 Å². The first-order valence-corrected chi connectivity index (χ1v) is 19.6. The number of nitrogens with one attached hydrogen (secondary N) is 1. The van der Waals surface area contributed by atoms with E-state index in [4.69, 9.17) is 9.47 Å². The number of ether oxygens (including phenoxy) is 2. The molecule has 0 unspecified atom stereocenters. The number of aliphatic hydroxyl groups is 1. The highest BCUT2D eigenvalue weighted by Gasteiger charge is 2.39. The molecule has 0 saturated carbocycles. The molecule has 5 aromatic carbocycles. The van der Waals surface area contributed by atoms with E-state index in [0.717, 1.165) is 72.6 Å². The number of aliphatic hydroxyl groups excluding tert-OH is 1.